The first-order chi connectivity index (χ1) is 11.1. The molecule has 1 unspecified atom stereocenters. The van der Waals surface area contributed by atoms with Crippen LogP contribution in [-0.4, -0.2) is 25.0 Å². The van der Waals surface area contributed by atoms with Gasteiger partial charge in [-0.25, -0.2) is 5.43 Å². The van der Waals surface area contributed by atoms with Gasteiger partial charge in [0.15, 0.2) is 0 Å². The molecule has 0 aromatic heterocycles. The van der Waals surface area contributed by atoms with Crippen molar-refractivity contribution < 1.29 is 14.3 Å². The van der Waals surface area contributed by atoms with Crippen molar-refractivity contribution in [2.75, 3.05) is 13.2 Å². The monoisotopic (exact) mass is 328 g/mol. The molecule has 0 aromatic carbocycles. The number of hydrazine groups is 1. The largest absolute Gasteiger partial charge is 0.464 e. The molecule has 0 aliphatic heterocycles. The number of unbranched alkanes of at least 4 members (excludes halogenated alkanes) is 5. The second-order valence-electron chi connectivity index (χ2n) is 6.17. The van der Waals surface area contributed by atoms with Gasteiger partial charge in [0.1, 0.15) is 6.54 Å². The van der Waals surface area contributed by atoms with Gasteiger partial charge in [0.05, 0.1) is 6.61 Å². The maximum Gasteiger partial charge on any atom is 0.321 e. The van der Waals surface area contributed by atoms with Gasteiger partial charge < -0.3 is 4.74 Å². The average molecular weight is 328 g/mol. The minimum atomic E-state index is -0.316. The van der Waals surface area contributed by atoms with Gasteiger partial charge in [-0.05, 0) is 18.8 Å². The Morgan fingerprint density at radius 2 is 1.65 bits per heavy atom. The fourth-order valence-corrected chi connectivity index (χ4v) is 2.33. The topological polar surface area (TPSA) is 67.4 Å². The van der Waals surface area contributed by atoms with Crippen molar-refractivity contribution in [3.8, 4) is 0 Å². The quantitative estimate of drug-likeness (QED) is 0.273. The third kappa shape index (κ3) is 14.2. The van der Waals surface area contributed by atoms with Crippen molar-refractivity contribution in [1.82, 2.24) is 10.9 Å². The van der Waals surface area contributed by atoms with Crippen molar-refractivity contribution in [1.29, 1.82) is 0 Å². The molecule has 5 nitrogen and oxygen atoms in total. The molecule has 0 aliphatic carbocycles. The van der Waals surface area contributed by atoms with Crippen molar-refractivity contribution in [3.05, 3.63) is 0 Å². The van der Waals surface area contributed by atoms with Crippen molar-refractivity contribution in [3.63, 3.8) is 0 Å². The number of hydrogen-bond donors (Lipinski definition) is 2. The Kier molecular flexibility index (Phi) is 15.0. The van der Waals surface area contributed by atoms with E-state index in [1.807, 2.05) is 0 Å². The molecule has 1 atom stereocenters. The molecule has 136 valence electrons. The molecule has 0 spiro atoms. The Morgan fingerprint density at radius 1 is 0.957 bits per heavy atom. The molecule has 0 fully saturated rings. The molecule has 2 N–H and O–H groups in total. The van der Waals surface area contributed by atoms with Crippen LogP contribution in [0.3, 0.4) is 0 Å². The lowest BCUT2D eigenvalue weighted by Gasteiger charge is -2.14. The highest BCUT2D eigenvalue weighted by Gasteiger charge is 2.10. The number of ether oxygens (including phenoxy) is 1. The molecular formula is C18H36N2O3. The third-order valence-corrected chi connectivity index (χ3v) is 3.99. The van der Waals surface area contributed by atoms with Crippen LogP contribution in [0.4, 0.5) is 0 Å². The molecule has 5 heteroatoms. The molecule has 0 bridgehead atoms. The molecule has 23 heavy (non-hydrogen) atoms. The summed E-state index contributed by atoms with van der Waals surface area (Å²) < 4.78 is 5.25. The molecule has 0 rings (SSSR count). The number of esters is 1. The van der Waals surface area contributed by atoms with Gasteiger partial charge in [-0.15, -0.1) is 0 Å². The Hall–Kier alpha value is -1.10. The lowest BCUT2D eigenvalue weighted by atomic mass is 10.0. The van der Waals surface area contributed by atoms with Gasteiger partial charge in [-0.1, -0.05) is 65.7 Å². The summed E-state index contributed by atoms with van der Waals surface area (Å²) in [5, 5.41) is 0. The summed E-state index contributed by atoms with van der Waals surface area (Å²) in [4.78, 5) is 23.2. The van der Waals surface area contributed by atoms with Crippen molar-refractivity contribution >= 4 is 11.9 Å². The van der Waals surface area contributed by atoms with Gasteiger partial charge in [-0.3, -0.25) is 15.0 Å². The summed E-state index contributed by atoms with van der Waals surface area (Å²) in [6.07, 6.45) is 10.5. The van der Waals surface area contributed by atoms with Crippen LogP contribution in [0.1, 0.15) is 85.0 Å². The second-order valence-corrected chi connectivity index (χ2v) is 6.17. The SMILES string of the molecule is CCCCCCCC(=O)NNCC(=O)OCC(CC)CCCC. The number of carbonyl (C=O) groups excluding carboxylic acids is 2. The number of amides is 1. The number of nitrogens with one attached hydrogen (secondary N) is 2. The van der Waals surface area contributed by atoms with Crippen molar-refractivity contribution in [2.45, 2.75) is 85.0 Å². The molecule has 0 saturated heterocycles. The van der Waals surface area contributed by atoms with Crippen LogP contribution >= 0.6 is 0 Å². The van der Waals surface area contributed by atoms with Gasteiger partial charge in [-0.2, -0.15) is 0 Å². The summed E-state index contributed by atoms with van der Waals surface area (Å²) >= 11 is 0. The minimum Gasteiger partial charge on any atom is -0.464 e. The van der Waals surface area contributed by atoms with E-state index >= 15 is 0 Å². The van der Waals surface area contributed by atoms with E-state index in [0.29, 0.717) is 18.9 Å². The fourth-order valence-electron chi connectivity index (χ4n) is 2.33. The molecule has 0 radical (unpaired) electrons. The van der Waals surface area contributed by atoms with E-state index in [-0.39, 0.29) is 18.4 Å². The number of carbonyl (C=O) groups is 2. The van der Waals surface area contributed by atoms with E-state index in [1.165, 1.54) is 25.7 Å². The van der Waals surface area contributed by atoms with Crippen LogP contribution in [0.15, 0.2) is 0 Å². The average Bonchev–Trinajstić information content (AvgIpc) is 2.55. The van der Waals surface area contributed by atoms with Crippen LogP contribution in [0, 0.1) is 5.92 Å². The lowest BCUT2D eigenvalue weighted by molar-refractivity contribution is -0.144. The summed E-state index contributed by atoms with van der Waals surface area (Å²) in [5.74, 6) is 0.0588. The van der Waals surface area contributed by atoms with E-state index in [2.05, 4.69) is 31.6 Å². The van der Waals surface area contributed by atoms with Gasteiger partial charge in [0, 0.05) is 6.42 Å². The predicted octanol–water partition coefficient (Wildman–Crippen LogP) is 3.73. The van der Waals surface area contributed by atoms with Crippen LogP contribution in [0.5, 0.6) is 0 Å². The van der Waals surface area contributed by atoms with Gasteiger partial charge in [0.2, 0.25) is 5.91 Å². The zero-order valence-electron chi connectivity index (χ0n) is 15.3. The highest BCUT2D eigenvalue weighted by molar-refractivity contribution is 5.76. The molecule has 1 amide bonds. The lowest BCUT2D eigenvalue weighted by Crippen LogP contribution is -2.41. The standard InChI is InChI=1S/C18H36N2O3/c1-4-7-9-10-11-13-17(21)20-19-14-18(22)23-15-16(6-3)12-8-5-2/h16,19H,4-15H2,1-3H3,(H,20,21). The van der Waals surface area contributed by atoms with E-state index in [0.717, 1.165) is 32.1 Å². The number of rotatable bonds is 15. The zero-order chi connectivity index (χ0) is 17.3. The van der Waals surface area contributed by atoms with E-state index < -0.39 is 0 Å². The van der Waals surface area contributed by atoms with Crippen LogP contribution in [0.2, 0.25) is 0 Å². The normalized spacial score (nSPS) is 12.0. The Bertz CT molecular complexity index is 309. The van der Waals surface area contributed by atoms with E-state index in [1.54, 1.807) is 0 Å². The first-order valence-corrected chi connectivity index (χ1v) is 9.31. The van der Waals surface area contributed by atoms with E-state index in [9.17, 15) is 9.59 Å². The molecule has 0 heterocycles. The van der Waals surface area contributed by atoms with Crippen LogP contribution in [-0.2, 0) is 14.3 Å². The Morgan fingerprint density at radius 3 is 2.30 bits per heavy atom. The highest BCUT2D eigenvalue weighted by atomic mass is 16.5. The van der Waals surface area contributed by atoms with Gasteiger partial charge >= 0.3 is 5.97 Å². The van der Waals surface area contributed by atoms with Gasteiger partial charge in [0.25, 0.3) is 0 Å². The maximum absolute atomic E-state index is 11.6. The van der Waals surface area contributed by atoms with Crippen LogP contribution in [0.25, 0.3) is 0 Å². The summed E-state index contributed by atoms with van der Waals surface area (Å²) in [7, 11) is 0. The Labute approximate surface area is 141 Å². The first-order valence-electron chi connectivity index (χ1n) is 9.31. The third-order valence-electron chi connectivity index (χ3n) is 3.99. The molecule has 0 saturated carbocycles. The highest BCUT2D eigenvalue weighted by Crippen LogP contribution is 2.12. The Balaban J connectivity index is 3.59. The molecule has 0 aromatic rings. The first kappa shape index (κ1) is 21.9. The maximum atomic E-state index is 11.6. The summed E-state index contributed by atoms with van der Waals surface area (Å²) in [6.45, 7) is 6.94. The smallest absolute Gasteiger partial charge is 0.321 e. The van der Waals surface area contributed by atoms with E-state index in [4.69, 9.17) is 4.74 Å². The fraction of sp³-hybridized carbons (Fsp3) is 0.889. The number of hydrogen-bond acceptors (Lipinski definition) is 4. The second kappa shape index (κ2) is 15.8. The minimum absolute atomic E-state index is 0.0196. The molecular weight excluding hydrogens is 292 g/mol. The predicted molar refractivity (Wildman–Crippen MR) is 93.8 cm³/mol. The summed E-state index contributed by atoms with van der Waals surface area (Å²) in [6, 6.07) is 0. The van der Waals surface area contributed by atoms with Crippen molar-refractivity contribution in [2.24, 2.45) is 5.92 Å². The van der Waals surface area contributed by atoms with Crippen LogP contribution < -0.4 is 10.9 Å². The molecule has 0 aliphatic rings. The zero-order valence-corrected chi connectivity index (χ0v) is 15.3. The summed E-state index contributed by atoms with van der Waals surface area (Å²) in [5.41, 5.74) is 5.20.